The van der Waals surface area contributed by atoms with Gasteiger partial charge in [-0.25, -0.2) is 9.97 Å². The molecule has 0 bridgehead atoms. The first-order valence-electron chi connectivity index (χ1n) is 6.00. The molecule has 20 heavy (non-hydrogen) atoms. The van der Waals surface area contributed by atoms with E-state index in [9.17, 15) is 15.3 Å². The van der Waals surface area contributed by atoms with Crippen LogP contribution in [-0.4, -0.2) is 65.2 Å². The van der Waals surface area contributed by atoms with Gasteiger partial charge in [-0.2, -0.15) is 16.7 Å². The molecule has 3 heterocycles. The molecule has 8 nitrogen and oxygen atoms in total. The van der Waals surface area contributed by atoms with Gasteiger partial charge in [-0.05, 0) is 6.26 Å². The lowest BCUT2D eigenvalue weighted by molar-refractivity contribution is -0.0288. The minimum Gasteiger partial charge on any atom is -0.492 e. The first-order valence-corrected chi connectivity index (χ1v) is 7.40. The second-order valence-corrected chi connectivity index (χ2v) is 5.43. The third-order valence-corrected chi connectivity index (χ3v) is 3.94. The smallest absolute Gasteiger partial charge is 0.242 e. The largest absolute Gasteiger partial charge is 0.492 e. The van der Waals surface area contributed by atoms with Crippen LogP contribution in [0.5, 0.6) is 5.88 Å². The van der Waals surface area contributed by atoms with E-state index < -0.39 is 24.5 Å². The number of nitrogens with zero attached hydrogens (tertiary/aromatic N) is 4. The van der Waals surface area contributed by atoms with E-state index in [2.05, 4.69) is 15.0 Å². The zero-order chi connectivity index (χ0) is 14.3. The summed E-state index contributed by atoms with van der Waals surface area (Å²) in [5.74, 6) is 0.337. The summed E-state index contributed by atoms with van der Waals surface area (Å²) in [6.07, 6.45) is 1.20. The van der Waals surface area contributed by atoms with E-state index in [0.717, 1.165) is 0 Å². The summed E-state index contributed by atoms with van der Waals surface area (Å²) in [4.78, 5) is 11.7. The molecule has 0 radical (unpaired) electrons. The molecular weight excluding hydrogens is 284 g/mol. The lowest BCUT2D eigenvalue weighted by Gasteiger charge is -2.16. The van der Waals surface area contributed by atoms with E-state index in [-0.39, 0.29) is 11.4 Å². The van der Waals surface area contributed by atoms with Gasteiger partial charge in [-0.15, -0.1) is 0 Å². The van der Waals surface area contributed by atoms with E-state index >= 15 is 0 Å². The fourth-order valence-electron chi connectivity index (χ4n) is 2.29. The molecule has 0 saturated carbocycles. The number of rotatable bonds is 3. The van der Waals surface area contributed by atoms with E-state index in [4.69, 9.17) is 4.74 Å². The fraction of sp³-hybridized carbons (Fsp3) is 0.545. The van der Waals surface area contributed by atoms with Crippen molar-refractivity contribution in [3.05, 3.63) is 12.7 Å². The van der Waals surface area contributed by atoms with Crippen LogP contribution in [0.2, 0.25) is 0 Å². The van der Waals surface area contributed by atoms with Crippen molar-refractivity contribution < 1.29 is 20.1 Å². The average Bonchev–Trinajstić information content (AvgIpc) is 2.97. The molecule has 0 unspecified atom stereocenters. The minimum atomic E-state index is -1.08. The molecule has 3 N–H and O–H groups in total. The second kappa shape index (κ2) is 5.17. The number of aliphatic hydroxyl groups is 2. The summed E-state index contributed by atoms with van der Waals surface area (Å²) in [6, 6.07) is 0. The lowest BCUT2D eigenvalue weighted by Crippen LogP contribution is -2.32. The molecule has 4 atom stereocenters. The number of hydrogen-bond donors (Lipinski definition) is 3. The molecule has 0 spiro atoms. The molecular formula is C11H14N4O4S. The van der Waals surface area contributed by atoms with E-state index in [1.54, 1.807) is 0 Å². The zero-order valence-corrected chi connectivity index (χ0v) is 11.4. The number of ether oxygens (including phenoxy) is 1. The van der Waals surface area contributed by atoms with Gasteiger partial charge < -0.3 is 20.1 Å². The predicted octanol–water partition coefficient (Wildman–Crippen LogP) is -0.486. The maximum Gasteiger partial charge on any atom is 0.242 e. The van der Waals surface area contributed by atoms with E-state index in [0.29, 0.717) is 11.4 Å². The normalized spacial score (nSPS) is 30.1. The molecule has 9 heteroatoms. The predicted molar refractivity (Wildman–Crippen MR) is 71.3 cm³/mol. The van der Waals surface area contributed by atoms with Crippen LogP contribution >= 0.6 is 11.8 Å². The summed E-state index contributed by atoms with van der Waals surface area (Å²) in [6.45, 7) is 0. The molecule has 3 rings (SSSR count). The quantitative estimate of drug-likeness (QED) is 0.696. The van der Waals surface area contributed by atoms with Crippen molar-refractivity contribution in [2.24, 2.45) is 0 Å². The van der Waals surface area contributed by atoms with Crippen molar-refractivity contribution in [1.82, 2.24) is 19.5 Å². The molecule has 0 aliphatic carbocycles. The topological polar surface area (TPSA) is 114 Å². The Labute approximate surface area is 118 Å². The van der Waals surface area contributed by atoms with E-state index in [1.165, 1.54) is 29.0 Å². The van der Waals surface area contributed by atoms with Crippen molar-refractivity contribution >= 4 is 22.9 Å². The highest BCUT2D eigenvalue weighted by Gasteiger charge is 2.43. The van der Waals surface area contributed by atoms with Gasteiger partial charge in [-0.1, -0.05) is 0 Å². The zero-order valence-electron chi connectivity index (χ0n) is 10.6. The van der Waals surface area contributed by atoms with Crippen LogP contribution in [0.15, 0.2) is 12.7 Å². The Kier molecular flexibility index (Phi) is 3.50. The maximum atomic E-state index is 10.1. The molecule has 0 aromatic carbocycles. The second-order valence-electron chi connectivity index (χ2n) is 4.52. The molecule has 2 aromatic rings. The molecule has 1 aliphatic heterocycles. The highest BCUT2D eigenvalue weighted by Crippen LogP contribution is 2.33. The van der Waals surface area contributed by atoms with Gasteiger partial charge in [0.15, 0.2) is 17.4 Å². The molecule has 1 saturated heterocycles. The van der Waals surface area contributed by atoms with Crippen LogP contribution in [0.25, 0.3) is 11.2 Å². The van der Waals surface area contributed by atoms with Crippen LogP contribution < -0.4 is 0 Å². The van der Waals surface area contributed by atoms with Crippen molar-refractivity contribution in [1.29, 1.82) is 0 Å². The Morgan fingerprint density at radius 2 is 2.10 bits per heavy atom. The lowest BCUT2D eigenvalue weighted by atomic mass is 10.1. The molecule has 2 aromatic heterocycles. The SMILES string of the molecule is CSC[C@H]1O[C@@H](n2cnc3c(O)ncnc32)[C@H](O)[C@@H]1O. The third kappa shape index (κ3) is 2.03. The van der Waals surface area contributed by atoms with Crippen molar-refractivity contribution in [2.45, 2.75) is 24.5 Å². The van der Waals surface area contributed by atoms with Crippen molar-refractivity contribution in [3.63, 3.8) is 0 Å². The number of hydrogen-bond acceptors (Lipinski definition) is 8. The van der Waals surface area contributed by atoms with Gasteiger partial charge in [-0.3, -0.25) is 4.57 Å². The molecule has 1 aliphatic rings. The van der Waals surface area contributed by atoms with Crippen molar-refractivity contribution in [2.75, 3.05) is 12.0 Å². The maximum absolute atomic E-state index is 10.1. The highest BCUT2D eigenvalue weighted by molar-refractivity contribution is 7.98. The van der Waals surface area contributed by atoms with Crippen LogP contribution in [0.4, 0.5) is 0 Å². The number of aliphatic hydroxyl groups excluding tert-OH is 2. The number of fused-ring (bicyclic) bond motifs is 1. The monoisotopic (exact) mass is 298 g/mol. The molecule has 108 valence electrons. The van der Waals surface area contributed by atoms with Crippen LogP contribution in [0.1, 0.15) is 6.23 Å². The summed E-state index contributed by atoms with van der Waals surface area (Å²) in [5, 5.41) is 29.7. The number of imidazole rings is 1. The summed E-state index contributed by atoms with van der Waals surface area (Å²) in [7, 11) is 0. The van der Waals surface area contributed by atoms with Gasteiger partial charge in [0.05, 0.1) is 12.4 Å². The third-order valence-electron chi connectivity index (χ3n) is 3.28. The van der Waals surface area contributed by atoms with Gasteiger partial charge in [0.1, 0.15) is 18.5 Å². The Morgan fingerprint density at radius 3 is 2.85 bits per heavy atom. The minimum absolute atomic E-state index is 0.228. The summed E-state index contributed by atoms with van der Waals surface area (Å²) >= 11 is 1.52. The fourth-order valence-corrected chi connectivity index (χ4v) is 2.89. The van der Waals surface area contributed by atoms with Gasteiger partial charge >= 0.3 is 0 Å². The van der Waals surface area contributed by atoms with Crippen LogP contribution in [-0.2, 0) is 4.74 Å². The first-order chi connectivity index (χ1) is 9.63. The Balaban J connectivity index is 1.97. The Hall–Kier alpha value is -1.42. The van der Waals surface area contributed by atoms with Crippen molar-refractivity contribution in [3.8, 4) is 5.88 Å². The highest BCUT2D eigenvalue weighted by atomic mass is 32.2. The van der Waals surface area contributed by atoms with E-state index in [1.807, 2.05) is 6.26 Å². The Morgan fingerprint density at radius 1 is 1.30 bits per heavy atom. The number of aromatic hydroxyl groups is 1. The van der Waals surface area contributed by atoms with Crippen LogP contribution in [0, 0.1) is 0 Å². The average molecular weight is 298 g/mol. The van der Waals surface area contributed by atoms with Gasteiger partial charge in [0.25, 0.3) is 0 Å². The van der Waals surface area contributed by atoms with Crippen LogP contribution in [0.3, 0.4) is 0 Å². The number of thioether (sulfide) groups is 1. The van der Waals surface area contributed by atoms with Gasteiger partial charge in [0, 0.05) is 5.75 Å². The summed E-state index contributed by atoms with van der Waals surface area (Å²) < 4.78 is 7.17. The Bertz CT molecular complexity index is 621. The number of aromatic nitrogens is 4. The standard InChI is InChI=1S/C11H14N4O4S/c1-20-2-5-7(16)8(17)11(19-5)15-4-14-6-9(15)12-3-13-10(6)18/h3-5,7-8,11,16-17H,2H2,1H3,(H,12,13,18)/t5-,7-,8-,11-/m1/s1. The summed E-state index contributed by atoms with van der Waals surface area (Å²) in [5.41, 5.74) is 0.574. The first kappa shape index (κ1) is 13.6. The molecule has 1 fully saturated rings. The molecule has 0 amide bonds. The van der Waals surface area contributed by atoms with Gasteiger partial charge in [0.2, 0.25) is 5.88 Å².